The SMILES string of the molecule is Cl.NCC(=O)NCC1(c2ccccc2)CCC1. The molecule has 0 spiro atoms. The van der Waals surface area contributed by atoms with Crippen LogP contribution in [0.4, 0.5) is 0 Å². The second kappa shape index (κ2) is 6.03. The fraction of sp³-hybridized carbons (Fsp3) is 0.462. The quantitative estimate of drug-likeness (QED) is 0.858. The van der Waals surface area contributed by atoms with E-state index in [9.17, 15) is 4.79 Å². The number of nitrogens with one attached hydrogen (secondary N) is 1. The summed E-state index contributed by atoms with van der Waals surface area (Å²) < 4.78 is 0. The van der Waals surface area contributed by atoms with Crippen molar-refractivity contribution in [2.45, 2.75) is 24.7 Å². The number of hydrogen-bond donors (Lipinski definition) is 2. The molecule has 3 nitrogen and oxygen atoms in total. The molecule has 0 unspecified atom stereocenters. The predicted octanol–water partition coefficient (Wildman–Crippen LogP) is 1.60. The topological polar surface area (TPSA) is 55.1 Å². The van der Waals surface area contributed by atoms with Crippen LogP contribution in [0.2, 0.25) is 0 Å². The van der Waals surface area contributed by atoms with Crippen molar-refractivity contribution in [3.63, 3.8) is 0 Å². The maximum absolute atomic E-state index is 11.2. The highest BCUT2D eigenvalue weighted by Gasteiger charge is 2.38. The van der Waals surface area contributed by atoms with E-state index in [-0.39, 0.29) is 30.3 Å². The van der Waals surface area contributed by atoms with Crippen molar-refractivity contribution in [2.75, 3.05) is 13.1 Å². The van der Waals surface area contributed by atoms with Crippen LogP contribution in [0.25, 0.3) is 0 Å². The third-order valence-corrected chi connectivity index (χ3v) is 3.51. The minimum absolute atomic E-state index is 0. The van der Waals surface area contributed by atoms with E-state index in [1.807, 2.05) is 6.07 Å². The normalized spacial score (nSPS) is 16.5. The summed E-state index contributed by atoms with van der Waals surface area (Å²) in [6.45, 7) is 0.790. The maximum Gasteiger partial charge on any atom is 0.233 e. The lowest BCUT2D eigenvalue weighted by molar-refractivity contribution is -0.120. The van der Waals surface area contributed by atoms with Gasteiger partial charge in [-0.25, -0.2) is 0 Å². The molecule has 0 atom stereocenters. The van der Waals surface area contributed by atoms with Gasteiger partial charge in [-0.15, -0.1) is 12.4 Å². The number of halogens is 1. The van der Waals surface area contributed by atoms with E-state index in [0.29, 0.717) is 6.54 Å². The van der Waals surface area contributed by atoms with Crippen LogP contribution in [0, 0.1) is 0 Å². The molecule has 0 aromatic heterocycles. The van der Waals surface area contributed by atoms with Gasteiger partial charge in [0.1, 0.15) is 0 Å². The molecule has 0 heterocycles. The van der Waals surface area contributed by atoms with Gasteiger partial charge in [0.05, 0.1) is 6.54 Å². The molecule has 3 N–H and O–H groups in total. The summed E-state index contributed by atoms with van der Waals surface area (Å²) in [6.07, 6.45) is 3.55. The zero-order chi connectivity index (χ0) is 11.4. The highest BCUT2D eigenvalue weighted by molar-refractivity contribution is 5.85. The molecule has 1 aliphatic carbocycles. The lowest BCUT2D eigenvalue weighted by Crippen LogP contribution is -2.46. The van der Waals surface area contributed by atoms with Gasteiger partial charge in [0.15, 0.2) is 0 Å². The first-order chi connectivity index (χ1) is 7.77. The molecule has 17 heavy (non-hydrogen) atoms. The van der Waals surface area contributed by atoms with Gasteiger partial charge in [0.25, 0.3) is 0 Å². The summed E-state index contributed by atoms with van der Waals surface area (Å²) in [5, 5.41) is 2.91. The van der Waals surface area contributed by atoms with Gasteiger partial charge < -0.3 is 11.1 Å². The molecule has 94 valence electrons. The summed E-state index contributed by atoms with van der Waals surface area (Å²) in [5.41, 5.74) is 6.78. The van der Waals surface area contributed by atoms with Gasteiger partial charge in [-0.3, -0.25) is 4.79 Å². The van der Waals surface area contributed by atoms with Crippen molar-refractivity contribution >= 4 is 18.3 Å². The molecule has 0 aliphatic heterocycles. The molecule has 1 aromatic rings. The summed E-state index contributed by atoms with van der Waals surface area (Å²) in [6, 6.07) is 10.4. The second-order valence-electron chi connectivity index (χ2n) is 4.48. The minimum atomic E-state index is -0.0674. The molecular weight excluding hydrogens is 236 g/mol. The average Bonchev–Trinajstić information content (AvgIpc) is 2.29. The van der Waals surface area contributed by atoms with Crippen molar-refractivity contribution in [1.82, 2.24) is 5.32 Å². The monoisotopic (exact) mass is 254 g/mol. The molecule has 1 aromatic carbocycles. The van der Waals surface area contributed by atoms with E-state index < -0.39 is 0 Å². The summed E-state index contributed by atoms with van der Waals surface area (Å²) in [7, 11) is 0. The number of hydrogen-bond acceptors (Lipinski definition) is 2. The molecule has 0 bridgehead atoms. The van der Waals surface area contributed by atoms with Gasteiger partial charge in [0.2, 0.25) is 5.91 Å². The van der Waals surface area contributed by atoms with Crippen molar-refractivity contribution in [3.05, 3.63) is 35.9 Å². The minimum Gasteiger partial charge on any atom is -0.354 e. The first-order valence-electron chi connectivity index (χ1n) is 5.79. The van der Waals surface area contributed by atoms with E-state index in [1.165, 1.54) is 12.0 Å². The fourth-order valence-electron chi connectivity index (χ4n) is 2.30. The third-order valence-electron chi connectivity index (χ3n) is 3.51. The van der Waals surface area contributed by atoms with E-state index >= 15 is 0 Å². The number of rotatable bonds is 4. The number of carbonyl (C=O) groups excluding carboxylic acids is 1. The van der Waals surface area contributed by atoms with Crippen LogP contribution in [-0.2, 0) is 10.2 Å². The molecule has 1 aliphatic rings. The Hall–Kier alpha value is -1.06. The molecule has 1 saturated carbocycles. The Bertz CT molecular complexity index is 363. The number of benzene rings is 1. The first kappa shape index (κ1) is 14.0. The second-order valence-corrected chi connectivity index (χ2v) is 4.48. The lowest BCUT2D eigenvalue weighted by Gasteiger charge is -2.42. The molecule has 1 fully saturated rings. The van der Waals surface area contributed by atoms with Gasteiger partial charge in [0, 0.05) is 12.0 Å². The molecule has 1 amide bonds. The largest absolute Gasteiger partial charge is 0.354 e. The zero-order valence-electron chi connectivity index (χ0n) is 9.82. The summed E-state index contributed by atoms with van der Waals surface area (Å²) >= 11 is 0. The Morgan fingerprint density at radius 1 is 1.29 bits per heavy atom. The Kier molecular flexibility index (Phi) is 4.97. The number of nitrogens with two attached hydrogens (primary N) is 1. The Labute approximate surface area is 108 Å². The van der Waals surface area contributed by atoms with Gasteiger partial charge in [-0.05, 0) is 18.4 Å². The van der Waals surface area contributed by atoms with E-state index in [4.69, 9.17) is 5.73 Å². The summed E-state index contributed by atoms with van der Waals surface area (Å²) in [4.78, 5) is 11.2. The average molecular weight is 255 g/mol. The molecular formula is C13H19ClN2O. The van der Waals surface area contributed by atoms with Crippen LogP contribution in [0.1, 0.15) is 24.8 Å². The predicted molar refractivity (Wildman–Crippen MR) is 71.3 cm³/mol. The highest BCUT2D eigenvalue weighted by atomic mass is 35.5. The van der Waals surface area contributed by atoms with Gasteiger partial charge in [-0.2, -0.15) is 0 Å². The lowest BCUT2D eigenvalue weighted by atomic mass is 9.64. The van der Waals surface area contributed by atoms with Gasteiger partial charge in [-0.1, -0.05) is 36.8 Å². The maximum atomic E-state index is 11.2. The van der Waals surface area contributed by atoms with Crippen molar-refractivity contribution in [2.24, 2.45) is 5.73 Å². The third kappa shape index (κ3) is 2.99. The van der Waals surface area contributed by atoms with Crippen LogP contribution in [-0.4, -0.2) is 19.0 Å². The van der Waals surface area contributed by atoms with E-state index in [0.717, 1.165) is 12.8 Å². The number of carbonyl (C=O) groups is 1. The zero-order valence-corrected chi connectivity index (χ0v) is 10.6. The van der Waals surface area contributed by atoms with Crippen molar-refractivity contribution < 1.29 is 4.79 Å². The first-order valence-corrected chi connectivity index (χ1v) is 5.79. The van der Waals surface area contributed by atoms with Crippen LogP contribution < -0.4 is 11.1 Å². The molecule has 0 saturated heterocycles. The standard InChI is InChI=1S/C13H18N2O.ClH/c14-9-12(16)15-10-13(7-4-8-13)11-5-2-1-3-6-11;/h1-3,5-6H,4,7-10,14H2,(H,15,16);1H. The van der Waals surface area contributed by atoms with Crippen LogP contribution in [0.3, 0.4) is 0 Å². The Balaban J connectivity index is 0.00000144. The fourth-order valence-corrected chi connectivity index (χ4v) is 2.30. The van der Waals surface area contributed by atoms with Crippen molar-refractivity contribution in [1.29, 1.82) is 0 Å². The van der Waals surface area contributed by atoms with E-state index in [2.05, 4.69) is 29.6 Å². The number of amides is 1. The molecule has 2 rings (SSSR count). The highest BCUT2D eigenvalue weighted by Crippen LogP contribution is 2.42. The Morgan fingerprint density at radius 2 is 1.94 bits per heavy atom. The molecule has 4 heteroatoms. The van der Waals surface area contributed by atoms with Crippen molar-refractivity contribution in [3.8, 4) is 0 Å². The Morgan fingerprint density at radius 3 is 2.41 bits per heavy atom. The van der Waals surface area contributed by atoms with Gasteiger partial charge >= 0.3 is 0 Å². The van der Waals surface area contributed by atoms with Crippen LogP contribution in [0.15, 0.2) is 30.3 Å². The van der Waals surface area contributed by atoms with Crippen LogP contribution >= 0.6 is 12.4 Å². The van der Waals surface area contributed by atoms with Crippen LogP contribution in [0.5, 0.6) is 0 Å². The molecule has 0 radical (unpaired) electrons. The van der Waals surface area contributed by atoms with E-state index in [1.54, 1.807) is 0 Å². The summed E-state index contributed by atoms with van der Waals surface area (Å²) in [5.74, 6) is -0.0674. The smallest absolute Gasteiger partial charge is 0.233 e.